The Hall–Kier alpha value is -2.78. The molecule has 0 radical (unpaired) electrons. The number of carbonyl (C=O) groups is 2. The topological polar surface area (TPSA) is 40.6 Å². The molecule has 0 saturated heterocycles. The minimum Gasteiger partial charge on any atom is -0.306 e. The summed E-state index contributed by atoms with van der Waals surface area (Å²) in [6.07, 6.45) is 15.1. The van der Waals surface area contributed by atoms with Gasteiger partial charge in [-0.2, -0.15) is 0 Å². The second-order valence-corrected chi connectivity index (χ2v) is 18.8. The van der Waals surface area contributed by atoms with E-state index in [-0.39, 0.29) is 11.8 Å². The van der Waals surface area contributed by atoms with Crippen LogP contribution in [-0.2, 0) is 16.0 Å². The smallest absolute Gasteiger partial charge is 0.261 e. The number of fused-ring (bicyclic) bond motifs is 1. The van der Waals surface area contributed by atoms with Crippen LogP contribution in [0.4, 0.5) is 0 Å². The van der Waals surface area contributed by atoms with Crippen molar-refractivity contribution in [2.24, 2.45) is 11.8 Å². The number of carbonyl (C=O) groups excluding carboxylic acids is 2. The van der Waals surface area contributed by atoms with Crippen molar-refractivity contribution in [3.8, 4) is 19.5 Å². The molecule has 2 aliphatic rings. The van der Waals surface area contributed by atoms with Crippen LogP contribution in [0.15, 0.2) is 65.1 Å². The lowest BCUT2D eigenvalue weighted by Crippen LogP contribution is -2.34. The van der Waals surface area contributed by atoms with Gasteiger partial charge in [-0.1, -0.05) is 98.5 Å². The maximum Gasteiger partial charge on any atom is 0.261 e. The van der Waals surface area contributed by atoms with Crippen molar-refractivity contribution in [2.45, 2.75) is 118 Å². The first-order valence-corrected chi connectivity index (χ1v) is 23.2. The largest absolute Gasteiger partial charge is 0.306 e. The molecule has 0 aliphatic carbocycles. The van der Waals surface area contributed by atoms with Gasteiger partial charge in [-0.15, -0.1) is 45.3 Å². The van der Waals surface area contributed by atoms with Gasteiger partial charge in [-0.05, 0) is 85.4 Å². The third kappa shape index (κ3) is 8.46. The summed E-state index contributed by atoms with van der Waals surface area (Å²) in [5, 5.41) is 2.06. The van der Waals surface area contributed by atoms with Crippen LogP contribution < -0.4 is 0 Å². The standard InChI is InChI=1S/C44H56N2O2S4/c1-6-11-14-15-19-32-21-22-33(50-32)34-23-24-35(51-34)36-25-26-38(52-36)42-40-39(43(47)46(42)29-31(10-5)18-13-8-3)41(37-20-16-27-49-37)45(44(40)48)28-30(9-4)17-12-7-2/h16,20-27,30-31H,6-15,17-19,28-29H2,1-5H3. The molecule has 2 unspecified atom stereocenters. The molecule has 0 saturated carbocycles. The second-order valence-electron chi connectivity index (χ2n) is 14.5. The molecule has 4 nitrogen and oxygen atoms in total. The first-order chi connectivity index (χ1) is 25.4. The SMILES string of the molecule is CCCCCCc1ccc(-c2ccc(-c3ccc(C4=C5C(=O)N(CC(CC)CCCC)C(c6cccs6)=C5C(=O)N4CC(CC)CCCC)s3)s2)s1. The number of aryl methyl sites for hydroxylation is 1. The summed E-state index contributed by atoms with van der Waals surface area (Å²) in [6, 6.07) is 17.6. The minimum absolute atomic E-state index is 0.00245. The first kappa shape index (κ1) is 38.9. The van der Waals surface area contributed by atoms with E-state index in [2.05, 4.69) is 82.5 Å². The van der Waals surface area contributed by atoms with Crippen molar-refractivity contribution < 1.29 is 9.59 Å². The third-order valence-electron chi connectivity index (χ3n) is 10.8. The number of nitrogens with zero attached hydrogens (tertiary/aromatic N) is 2. The molecule has 0 bridgehead atoms. The maximum absolute atomic E-state index is 14.8. The average molecular weight is 773 g/mol. The highest BCUT2D eigenvalue weighted by molar-refractivity contribution is 7.26. The zero-order valence-corrected chi connectivity index (χ0v) is 35.1. The summed E-state index contributed by atoms with van der Waals surface area (Å²) in [7, 11) is 0. The predicted octanol–water partition coefficient (Wildman–Crippen LogP) is 13.6. The molecule has 8 heteroatoms. The summed E-state index contributed by atoms with van der Waals surface area (Å²) in [6.45, 7) is 12.5. The highest BCUT2D eigenvalue weighted by Gasteiger charge is 2.50. The van der Waals surface area contributed by atoms with Gasteiger partial charge in [0.2, 0.25) is 0 Å². The van der Waals surface area contributed by atoms with Crippen LogP contribution in [0.3, 0.4) is 0 Å². The van der Waals surface area contributed by atoms with Gasteiger partial charge in [0, 0.05) is 37.5 Å². The van der Waals surface area contributed by atoms with Gasteiger partial charge in [0.25, 0.3) is 11.8 Å². The molecule has 0 fully saturated rings. The zero-order chi connectivity index (χ0) is 36.6. The molecule has 4 aromatic heterocycles. The van der Waals surface area contributed by atoms with E-state index in [1.165, 1.54) is 56.5 Å². The van der Waals surface area contributed by atoms with Crippen LogP contribution >= 0.6 is 45.3 Å². The molecule has 6 heterocycles. The van der Waals surface area contributed by atoms with Gasteiger partial charge in [0.15, 0.2) is 0 Å². The molecular formula is C44H56N2O2S4. The molecule has 2 atom stereocenters. The molecular weight excluding hydrogens is 717 g/mol. The number of rotatable bonds is 21. The van der Waals surface area contributed by atoms with Gasteiger partial charge < -0.3 is 9.80 Å². The zero-order valence-electron chi connectivity index (χ0n) is 31.8. The van der Waals surface area contributed by atoms with Gasteiger partial charge in [0.1, 0.15) is 0 Å². The van der Waals surface area contributed by atoms with Crippen molar-refractivity contribution >= 4 is 68.6 Å². The van der Waals surface area contributed by atoms with Crippen molar-refractivity contribution in [3.63, 3.8) is 0 Å². The molecule has 2 amide bonds. The minimum atomic E-state index is -0.00245. The number of thiophene rings is 4. The van der Waals surface area contributed by atoms with Gasteiger partial charge >= 0.3 is 0 Å². The van der Waals surface area contributed by atoms with E-state index < -0.39 is 0 Å². The highest BCUT2D eigenvalue weighted by atomic mass is 32.1. The quantitative estimate of drug-likeness (QED) is 0.0792. The number of unbranched alkanes of at least 4 members (excludes halogenated alkanes) is 5. The number of amides is 2. The fourth-order valence-corrected chi connectivity index (χ4v) is 11.7. The molecule has 0 spiro atoms. The number of hydrogen-bond donors (Lipinski definition) is 0. The molecule has 6 rings (SSSR count). The molecule has 2 aliphatic heterocycles. The van der Waals surface area contributed by atoms with E-state index in [4.69, 9.17) is 0 Å². The third-order valence-corrected chi connectivity index (χ3v) is 15.4. The van der Waals surface area contributed by atoms with E-state index in [1.807, 2.05) is 38.5 Å². The molecule has 52 heavy (non-hydrogen) atoms. The summed E-state index contributed by atoms with van der Waals surface area (Å²) >= 11 is 7.12. The van der Waals surface area contributed by atoms with Crippen LogP contribution in [-0.4, -0.2) is 34.7 Å². The Morgan fingerprint density at radius 3 is 1.56 bits per heavy atom. The van der Waals surface area contributed by atoms with Crippen LogP contribution in [0, 0.1) is 11.8 Å². The summed E-state index contributed by atoms with van der Waals surface area (Å²) < 4.78 is 0. The number of hydrogen-bond acceptors (Lipinski definition) is 6. The Kier molecular flexibility index (Phi) is 13.9. The Bertz CT molecular complexity index is 1850. The van der Waals surface area contributed by atoms with Crippen molar-refractivity contribution in [1.82, 2.24) is 9.80 Å². The van der Waals surface area contributed by atoms with Crippen molar-refractivity contribution in [1.29, 1.82) is 0 Å². The van der Waals surface area contributed by atoms with Crippen LogP contribution in [0.25, 0.3) is 30.9 Å². The normalized spacial score (nSPS) is 15.9. The van der Waals surface area contributed by atoms with Crippen molar-refractivity contribution in [3.05, 3.63) is 79.7 Å². The van der Waals surface area contributed by atoms with E-state index in [0.29, 0.717) is 36.1 Å². The lowest BCUT2D eigenvalue weighted by atomic mass is 9.98. The first-order valence-electron chi connectivity index (χ1n) is 19.9. The average Bonchev–Trinajstić information content (AvgIpc) is 4.01. The lowest BCUT2D eigenvalue weighted by molar-refractivity contribution is -0.124. The van der Waals surface area contributed by atoms with Gasteiger partial charge in [0.05, 0.1) is 32.3 Å². The highest BCUT2D eigenvalue weighted by Crippen LogP contribution is 2.50. The van der Waals surface area contributed by atoms with E-state index in [0.717, 1.165) is 72.5 Å². The predicted molar refractivity (Wildman–Crippen MR) is 227 cm³/mol. The molecule has 0 aromatic carbocycles. The van der Waals surface area contributed by atoms with Crippen LogP contribution in [0.5, 0.6) is 0 Å². The second kappa shape index (κ2) is 18.5. The van der Waals surface area contributed by atoms with E-state index in [9.17, 15) is 9.59 Å². The van der Waals surface area contributed by atoms with E-state index in [1.54, 1.807) is 22.7 Å². The molecule has 4 aromatic rings. The monoisotopic (exact) mass is 772 g/mol. The summed E-state index contributed by atoms with van der Waals surface area (Å²) in [5.74, 6) is 0.777. The Labute approximate surface area is 328 Å². The summed E-state index contributed by atoms with van der Waals surface area (Å²) in [4.78, 5) is 42.2. The van der Waals surface area contributed by atoms with Crippen LogP contribution in [0.2, 0.25) is 0 Å². The summed E-state index contributed by atoms with van der Waals surface area (Å²) in [5.41, 5.74) is 2.90. The Balaban J connectivity index is 1.37. The Morgan fingerprint density at radius 2 is 1.04 bits per heavy atom. The lowest BCUT2D eigenvalue weighted by Gasteiger charge is -2.29. The molecule has 278 valence electrons. The maximum atomic E-state index is 14.8. The Morgan fingerprint density at radius 1 is 0.538 bits per heavy atom. The fourth-order valence-electron chi connectivity index (χ4n) is 7.59. The van der Waals surface area contributed by atoms with Crippen LogP contribution in [0.1, 0.15) is 126 Å². The van der Waals surface area contributed by atoms with Gasteiger partial charge in [-0.25, -0.2) is 0 Å². The fraction of sp³-hybridized carbons (Fsp3) is 0.500. The molecule has 0 N–H and O–H groups in total. The van der Waals surface area contributed by atoms with Gasteiger partial charge in [-0.3, -0.25) is 9.59 Å². The van der Waals surface area contributed by atoms with E-state index >= 15 is 0 Å². The van der Waals surface area contributed by atoms with Crippen molar-refractivity contribution in [2.75, 3.05) is 13.1 Å².